The Kier molecular flexibility index (Phi) is 4.21. The minimum atomic E-state index is 0.516. The Morgan fingerprint density at radius 3 is 2.68 bits per heavy atom. The van der Waals surface area contributed by atoms with Gasteiger partial charge < -0.3 is 9.30 Å². The summed E-state index contributed by atoms with van der Waals surface area (Å²) in [5, 5.41) is 17.8. The molecule has 0 radical (unpaired) electrons. The average molecular weight is 251 g/mol. The van der Waals surface area contributed by atoms with Gasteiger partial charge in [-0.1, -0.05) is 12.1 Å². The number of para-hydroxylation sites is 1. The Labute approximate surface area is 112 Å². The summed E-state index contributed by atoms with van der Waals surface area (Å²) in [4.78, 5) is 0. The lowest BCUT2D eigenvalue weighted by Gasteiger charge is -2.08. The molecular formula is C15H13N3O. The Bertz CT molecular complexity index is 631. The van der Waals surface area contributed by atoms with E-state index < -0.39 is 0 Å². The summed E-state index contributed by atoms with van der Waals surface area (Å²) in [5.74, 6) is 0.609. The quantitative estimate of drug-likeness (QED) is 0.767. The molecule has 1 aromatic heterocycles. The average Bonchev–Trinajstić information content (AvgIpc) is 2.91. The molecule has 0 saturated heterocycles. The van der Waals surface area contributed by atoms with Gasteiger partial charge in [-0.2, -0.15) is 10.5 Å². The fourth-order valence-corrected chi connectivity index (χ4v) is 1.81. The van der Waals surface area contributed by atoms with E-state index in [-0.39, 0.29) is 0 Å². The molecule has 4 nitrogen and oxygen atoms in total. The second-order valence-corrected chi connectivity index (χ2v) is 4.01. The number of ether oxygens (including phenoxy) is 1. The number of nitrogens with zero attached hydrogens (tertiary/aromatic N) is 3. The van der Waals surface area contributed by atoms with Crippen LogP contribution < -0.4 is 4.74 Å². The molecule has 1 heterocycles. The fourth-order valence-electron chi connectivity index (χ4n) is 1.81. The summed E-state index contributed by atoms with van der Waals surface area (Å²) in [6, 6.07) is 15.0. The number of aryl methyl sites for hydroxylation is 1. The number of rotatable bonds is 5. The standard InChI is InChI=1S/C15H13N3O/c16-11-13-5-1-2-7-15(13)19-10-4-9-18-8-3-6-14(18)12-17/h1-3,5-8H,4,9-10H2. The third-order valence-electron chi connectivity index (χ3n) is 2.75. The Balaban J connectivity index is 1.85. The second-order valence-electron chi connectivity index (χ2n) is 4.01. The molecule has 0 aliphatic heterocycles. The van der Waals surface area contributed by atoms with Crippen LogP contribution in [0.25, 0.3) is 0 Å². The van der Waals surface area contributed by atoms with E-state index in [0.717, 1.165) is 13.0 Å². The van der Waals surface area contributed by atoms with Gasteiger partial charge >= 0.3 is 0 Å². The first kappa shape index (κ1) is 12.7. The van der Waals surface area contributed by atoms with E-state index in [1.807, 2.05) is 29.0 Å². The molecule has 1 aromatic carbocycles. The summed E-state index contributed by atoms with van der Waals surface area (Å²) in [6.45, 7) is 1.24. The van der Waals surface area contributed by atoms with Crippen LogP contribution in [0.2, 0.25) is 0 Å². The monoisotopic (exact) mass is 251 g/mol. The molecule has 2 aromatic rings. The Hall–Kier alpha value is -2.72. The van der Waals surface area contributed by atoms with Gasteiger partial charge in [0.05, 0.1) is 12.2 Å². The molecular weight excluding hydrogens is 238 g/mol. The summed E-state index contributed by atoms with van der Waals surface area (Å²) < 4.78 is 7.47. The lowest BCUT2D eigenvalue weighted by Crippen LogP contribution is -2.05. The van der Waals surface area contributed by atoms with E-state index in [1.54, 1.807) is 18.2 Å². The van der Waals surface area contributed by atoms with Gasteiger partial charge in [0.15, 0.2) is 0 Å². The molecule has 4 heteroatoms. The summed E-state index contributed by atoms with van der Waals surface area (Å²) in [6.07, 6.45) is 2.66. The van der Waals surface area contributed by atoms with E-state index in [2.05, 4.69) is 12.1 Å². The van der Waals surface area contributed by atoms with Crippen molar-refractivity contribution in [2.24, 2.45) is 0 Å². The minimum absolute atomic E-state index is 0.516. The molecule has 0 spiro atoms. The third kappa shape index (κ3) is 3.14. The zero-order chi connectivity index (χ0) is 13.5. The lowest BCUT2D eigenvalue weighted by atomic mass is 10.2. The van der Waals surface area contributed by atoms with Crippen molar-refractivity contribution in [2.75, 3.05) is 6.61 Å². The molecule has 0 saturated carbocycles. The van der Waals surface area contributed by atoms with E-state index in [4.69, 9.17) is 15.3 Å². The third-order valence-corrected chi connectivity index (χ3v) is 2.75. The van der Waals surface area contributed by atoms with Gasteiger partial charge in [-0.15, -0.1) is 0 Å². The molecule has 0 fully saturated rings. The van der Waals surface area contributed by atoms with Crippen LogP contribution in [0.4, 0.5) is 0 Å². The highest BCUT2D eigenvalue weighted by molar-refractivity contribution is 5.42. The first-order chi connectivity index (χ1) is 9.35. The van der Waals surface area contributed by atoms with Crippen molar-refractivity contribution in [3.63, 3.8) is 0 Å². The summed E-state index contributed by atoms with van der Waals surface area (Å²) in [5.41, 5.74) is 1.19. The molecule has 19 heavy (non-hydrogen) atoms. The molecule has 94 valence electrons. The zero-order valence-corrected chi connectivity index (χ0v) is 10.4. The molecule has 0 aliphatic carbocycles. The van der Waals surface area contributed by atoms with Gasteiger partial charge in [-0.05, 0) is 30.7 Å². The van der Waals surface area contributed by atoms with Gasteiger partial charge in [-0.25, -0.2) is 0 Å². The molecule has 0 amide bonds. The minimum Gasteiger partial charge on any atom is -0.492 e. The van der Waals surface area contributed by atoms with E-state index >= 15 is 0 Å². The van der Waals surface area contributed by atoms with Crippen molar-refractivity contribution in [1.82, 2.24) is 4.57 Å². The number of aromatic nitrogens is 1. The lowest BCUT2D eigenvalue weighted by molar-refractivity contribution is 0.301. The van der Waals surface area contributed by atoms with Crippen molar-refractivity contribution in [3.8, 4) is 17.9 Å². The van der Waals surface area contributed by atoms with Crippen LogP contribution >= 0.6 is 0 Å². The van der Waals surface area contributed by atoms with E-state index in [0.29, 0.717) is 23.6 Å². The number of hydrogen-bond donors (Lipinski definition) is 0. The van der Waals surface area contributed by atoms with Gasteiger partial charge in [0.25, 0.3) is 0 Å². The van der Waals surface area contributed by atoms with Crippen molar-refractivity contribution >= 4 is 0 Å². The van der Waals surface area contributed by atoms with Gasteiger partial charge in [0, 0.05) is 12.7 Å². The van der Waals surface area contributed by atoms with Gasteiger partial charge in [0.1, 0.15) is 23.6 Å². The van der Waals surface area contributed by atoms with Crippen molar-refractivity contribution in [2.45, 2.75) is 13.0 Å². The molecule has 0 unspecified atom stereocenters. The summed E-state index contributed by atoms with van der Waals surface area (Å²) >= 11 is 0. The topological polar surface area (TPSA) is 61.7 Å². The Morgan fingerprint density at radius 2 is 1.89 bits per heavy atom. The smallest absolute Gasteiger partial charge is 0.137 e. The van der Waals surface area contributed by atoms with Crippen molar-refractivity contribution in [1.29, 1.82) is 10.5 Å². The largest absolute Gasteiger partial charge is 0.492 e. The van der Waals surface area contributed by atoms with E-state index in [9.17, 15) is 0 Å². The van der Waals surface area contributed by atoms with E-state index in [1.165, 1.54) is 0 Å². The Morgan fingerprint density at radius 1 is 1.05 bits per heavy atom. The molecule has 0 atom stereocenters. The predicted molar refractivity (Wildman–Crippen MR) is 70.4 cm³/mol. The highest BCUT2D eigenvalue weighted by atomic mass is 16.5. The highest BCUT2D eigenvalue weighted by Crippen LogP contribution is 2.16. The maximum Gasteiger partial charge on any atom is 0.137 e. The molecule has 2 rings (SSSR count). The van der Waals surface area contributed by atoms with Crippen LogP contribution in [0.15, 0.2) is 42.6 Å². The van der Waals surface area contributed by atoms with Crippen LogP contribution in [0.1, 0.15) is 17.7 Å². The van der Waals surface area contributed by atoms with Crippen LogP contribution in [-0.4, -0.2) is 11.2 Å². The molecule has 0 N–H and O–H groups in total. The second kappa shape index (κ2) is 6.28. The maximum atomic E-state index is 8.92. The number of hydrogen-bond acceptors (Lipinski definition) is 3. The maximum absolute atomic E-state index is 8.92. The molecule has 0 aliphatic rings. The van der Waals surface area contributed by atoms with Crippen LogP contribution in [0, 0.1) is 22.7 Å². The fraction of sp³-hybridized carbons (Fsp3) is 0.200. The zero-order valence-electron chi connectivity index (χ0n) is 10.4. The number of nitriles is 2. The van der Waals surface area contributed by atoms with Crippen molar-refractivity contribution in [3.05, 3.63) is 53.9 Å². The van der Waals surface area contributed by atoms with Crippen LogP contribution in [0.5, 0.6) is 5.75 Å². The predicted octanol–water partition coefficient (Wildman–Crippen LogP) is 2.70. The summed E-state index contributed by atoms with van der Waals surface area (Å²) in [7, 11) is 0. The van der Waals surface area contributed by atoms with Gasteiger partial charge in [0.2, 0.25) is 0 Å². The highest BCUT2D eigenvalue weighted by Gasteiger charge is 2.02. The normalized spacial score (nSPS) is 9.58. The molecule has 0 bridgehead atoms. The first-order valence-electron chi connectivity index (χ1n) is 6.02. The number of benzene rings is 1. The van der Waals surface area contributed by atoms with Crippen molar-refractivity contribution < 1.29 is 4.74 Å². The van der Waals surface area contributed by atoms with Crippen LogP contribution in [-0.2, 0) is 6.54 Å². The first-order valence-corrected chi connectivity index (χ1v) is 6.02. The van der Waals surface area contributed by atoms with Gasteiger partial charge in [-0.3, -0.25) is 0 Å². The van der Waals surface area contributed by atoms with Crippen LogP contribution in [0.3, 0.4) is 0 Å². The SMILES string of the molecule is N#Cc1ccccc1OCCCn1cccc1C#N.